The highest BCUT2D eigenvalue weighted by Crippen LogP contribution is 2.27. The Balaban J connectivity index is 2.07. The fourth-order valence-corrected chi connectivity index (χ4v) is 2.55. The van der Waals surface area contributed by atoms with Gasteiger partial charge in [-0.2, -0.15) is 15.4 Å². The first kappa shape index (κ1) is 12.5. The summed E-state index contributed by atoms with van der Waals surface area (Å²) in [6.45, 7) is 1.96. The van der Waals surface area contributed by atoms with E-state index in [1.807, 2.05) is 36.6 Å². The normalized spacial score (nSPS) is 10.7. The number of primary amides is 1. The van der Waals surface area contributed by atoms with Crippen LogP contribution in [0.4, 0.5) is 0 Å². The average molecular weight is 285 g/mol. The number of aromatic nitrogens is 4. The van der Waals surface area contributed by atoms with Crippen molar-refractivity contribution in [3.8, 4) is 22.5 Å². The number of H-pyrrole nitrogens is 1. The molecule has 3 aromatic rings. The van der Waals surface area contributed by atoms with Crippen LogP contribution in [-0.2, 0) is 0 Å². The van der Waals surface area contributed by atoms with E-state index in [0.717, 1.165) is 21.8 Å². The van der Waals surface area contributed by atoms with Crippen LogP contribution in [0.2, 0.25) is 0 Å². The van der Waals surface area contributed by atoms with Crippen molar-refractivity contribution >= 4 is 17.2 Å². The summed E-state index contributed by atoms with van der Waals surface area (Å²) in [6.07, 6.45) is 0. The van der Waals surface area contributed by atoms with Crippen molar-refractivity contribution in [2.45, 2.75) is 6.92 Å². The number of aryl methyl sites for hydroxylation is 1. The Morgan fingerprint density at radius 3 is 2.80 bits per heavy atom. The van der Waals surface area contributed by atoms with E-state index in [0.29, 0.717) is 5.69 Å². The third-order valence-electron chi connectivity index (χ3n) is 2.83. The van der Waals surface area contributed by atoms with E-state index < -0.39 is 5.91 Å². The molecule has 7 heteroatoms. The molecule has 0 fully saturated rings. The van der Waals surface area contributed by atoms with Crippen LogP contribution in [0.5, 0.6) is 0 Å². The van der Waals surface area contributed by atoms with Crippen LogP contribution in [-0.4, -0.2) is 26.3 Å². The van der Waals surface area contributed by atoms with Gasteiger partial charge in [-0.25, -0.2) is 4.98 Å². The van der Waals surface area contributed by atoms with Gasteiger partial charge in [-0.1, -0.05) is 18.2 Å². The summed E-state index contributed by atoms with van der Waals surface area (Å²) in [7, 11) is 0. The fourth-order valence-electron chi connectivity index (χ4n) is 1.93. The van der Waals surface area contributed by atoms with Crippen molar-refractivity contribution in [1.82, 2.24) is 20.4 Å². The number of hydrogen-bond donors (Lipinski definition) is 2. The van der Waals surface area contributed by atoms with Crippen molar-refractivity contribution in [2.24, 2.45) is 5.73 Å². The Kier molecular flexibility index (Phi) is 3.03. The summed E-state index contributed by atoms with van der Waals surface area (Å²) in [5.41, 5.74) is 8.50. The topological polar surface area (TPSA) is 97.6 Å². The van der Waals surface area contributed by atoms with E-state index in [-0.39, 0.29) is 5.69 Å². The smallest absolute Gasteiger partial charge is 0.271 e. The Hall–Kier alpha value is -2.54. The highest BCUT2D eigenvalue weighted by atomic mass is 32.1. The molecule has 0 unspecified atom stereocenters. The standard InChI is InChI=1S/C13H11N5OS/c1-7-15-10(6-20-7)8-3-2-4-9(5-8)11-12(13(14)19)17-18-16-11/h2-6H,1H3,(H2,14,19)(H,16,17,18). The Bertz CT molecular complexity index is 776. The van der Waals surface area contributed by atoms with Gasteiger partial charge in [0.15, 0.2) is 5.69 Å². The molecule has 0 saturated carbocycles. The predicted octanol–water partition coefficient (Wildman–Crippen LogP) is 2.00. The Labute approximate surface area is 118 Å². The monoisotopic (exact) mass is 285 g/mol. The molecule has 1 amide bonds. The molecule has 0 spiro atoms. The highest BCUT2D eigenvalue weighted by Gasteiger charge is 2.15. The van der Waals surface area contributed by atoms with Gasteiger partial charge in [0.25, 0.3) is 5.91 Å². The zero-order chi connectivity index (χ0) is 14.1. The molecule has 0 aliphatic rings. The first-order valence-corrected chi connectivity index (χ1v) is 6.76. The zero-order valence-corrected chi connectivity index (χ0v) is 11.4. The first-order chi connectivity index (χ1) is 9.65. The maximum absolute atomic E-state index is 11.3. The number of carbonyl (C=O) groups is 1. The Morgan fingerprint density at radius 1 is 1.30 bits per heavy atom. The number of aromatic amines is 1. The van der Waals surface area contributed by atoms with Crippen LogP contribution in [0.25, 0.3) is 22.5 Å². The summed E-state index contributed by atoms with van der Waals surface area (Å²) in [6, 6.07) is 7.62. The maximum atomic E-state index is 11.3. The largest absolute Gasteiger partial charge is 0.364 e. The lowest BCUT2D eigenvalue weighted by atomic mass is 10.1. The van der Waals surface area contributed by atoms with Crippen LogP contribution in [0.3, 0.4) is 0 Å². The number of rotatable bonds is 3. The van der Waals surface area contributed by atoms with Gasteiger partial charge in [-0.15, -0.1) is 11.3 Å². The van der Waals surface area contributed by atoms with Crippen LogP contribution in [0.15, 0.2) is 29.6 Å². The number of nitrogens with zero attached hydrogens (tertiary/aromatic N) is 3. The molecule has 0 atom stereocenters. The van der Waals surface area contributed by atoms with Crippen LogP contribution in [0, 0.1) is 6.92 Å². The molecule has 0 aliphatic carbocycles. The lowest BCUT2D eigenvalue weighted by Crippen LogP contribution is -2.12. The molecule has 6 nitrogen and oxygen atoms in total. The quantitative estimate of drug-likeness (QED) is 0.769. The number of amides is 1. The van der Waals surface area contributed by atoms with Crippen molar-refractivity contribution in [2.75, 3.05) is 0 Å². The van der Waals surface area contributed by atoms with Crippen molar-refractivity contribution < 1.29 is 4.79 Å². The lowest BCUT2D eigenvalue weighted by molar-refractivity contribution is 0.0996. The molecule has 2 heterocycles. The molecule has 0 bridgehead atoms. The van der Waals surface area contributed by atoms with Gasteiger partial charge in [0.05, 0.1) is 10.7 Å². The number of carbonyl (C=O) groups excluding carboxylic acids is 1. The molecule has 100 valence electrons. The minimum Gasteiger partial charge on any atom is -0.364 e. The number of hydrogen-bond acceptors (Lipinski definition) is 5. The van der Waals surface area contributed by atoms with E-state index >= 15 is 0 Å². The van der Waals surface area contributed by atoms with Crippen molar-refractivity contribution in [3.05, 3.63) is 40.3 Å². The Morgan fingerprint density at radius 2 is 2.10 bits per heavy atom. The third kappa shape index (κ3) is 2.19. The van der Waals surface area contributed by atoms with Gasteiger partial charge in [-0.05, 0) is 13.0 Å². The predicted molar refractivity (Wildman–Crippen MR) is 76.2 cm³/mol. The molecular weight excluding hydrogens is 274 g/mol. The molecule has 0 saturated heterocycles. The molecule has 3 rings (SSSR count). The van der Waals surface area contributed by atoms with E-state index in [9.17, 15) is 4.79 Å². The second-order valence-corrected chi connectivity index (χ2v) is 5.28. The molecule has 1 aromatic carbocycles. The number of nitrogens with two attached hydrogens (primary N) is 1. The van der Waals surface area contributed by atoms with Gasteiger partial charge in [0.2, 0.25) is 0 Å². The highest BCUT2D eigenvalue weighted by molar-refractivity contribution is 7.09. The van der Waals surface area contributed by atoms with Gasteiger partial charge >= 0.3 is 0 Å². The van der Waals surface area contributed by atoms with E-state index in [1.165, 1.54) is 0 Å². The summed E-state index contributed by atoms with van der Waals surface area (Å²) >= 11 is 1.59. The maximum Gasteiger partial charge on any atom is 0.271 e. The molecule has 20 heavy (non-hydrogen) atoms. The number of nitrogens with one attached hydrogen (secondary N) is 1. The van der Waals surface area contributed by atoms with Crippen LogP contribution < -0.4 is 5.73 Å². The number of thiazole rings is 1. The molecular formula is C13H11N5OS. The second kappa shape index (κ2) is 4.86. The van der Waals surface area contributed by atoms with Crippen LogP contribution in [0.1, 0.15) is 15.5 Å². The van der Waals surface area contributed by atoms with E-state index in [2.05, 4.69) is 20.4 Å². The average Bonchev–Trinajstić information content (AvgIpc) is 3.07. The summed E-state index contributed by atoms with van der Waals surface area (Å²) in [4.78, 5) is 15.7. The van der Waals surface area contributed by atoms with Crippen molar-refractivity contribution in [3.63, 3.8) is 0 Å². The fraction of sp³-hybridized carbons (Fsp3) is 0.0769. The van der Waals surface area contributed by atoms with Gasteiger partial charge in [-0.3, -0.25) is 4.79 Å². The molecule has 0 radical (unpaired) electrons. The number of benzene rings is 1. The summed E-state index contributed by atoms with van der Waals surface area (Å²) < 4.78 is 0. The molecule has 0 aliphatic heterocycles. The van der Waals surface area contributed by atoms with Gasteiger partial charge in [0, 0.05) is 16.5 Å². The summed E-state index contributed by atoms with van der Waals surface area (Å²) in [5.74, 6) is -0.608. The van der Waals surface area contributed by atoms with E-state index in [1.54, 1.807) is 11.3 Å². The molecule has 2 aromatic heterocycles. The lowest BCUT2D eigenvalue weighted by Gasteiger charge is -2.01. The third-order valence-corrected chi connectivity index (χ3v) is 3.61. The minimum atomic E-state index is -0.608. The van der Waals surface area contributed by atoms with Gasteiger partial charge < -0.3 is 5.73 Å². The second-order valence-electron chi connectivity index (χ2n) is 4.22. The minimum absolute atomic E-state index is 0.136. The van der Waals surface area contributed by atoms with Crippen molar-refractivity contribution in [1.29, 1.82) is 0 Å². The van der Waals surface area contributed by atoms with Crippen LogP contribution >= 0.6 is 11.3 Å². The molecule has 3 N–H and O–H groups in total. The zero-order valence-electron chi connectivity index (χ0n) is 10.6. The first-order valence-electron chi connectivity index (χ1n) is 5.88. The van der Waals surface area contributed by atoms with Gasteiger partial charge in [0.1, 0.15) is 5.69 Å². The summed E-state index contributed by atoms with van der Waals surface area (Å²) in [5, 5.41) is 13.2. The van der Waals surface area contributed by atoms with E-state index in [4.69, 9.17) is 5.73 Å². The SMILES string of the molecule is Cc1nc(-c2cccc(-c3n[nH]nc3C(N)=O)c2)cs1.